The van der Waals surface area contributed by atoms with Gasteiger partial charge in [-0.05, 0) is 13.3 Å². The van der Waals surface area contributed by atoms with Gasteiger partial charge in [-0.15, -0.1) is 0 Å². The van der Waals surface area contributed by atoms with Gasteiger partial charge in [0.15, 0.2) is 11.2 Å². The van der Waals surface area contributed by atoms with Crippen LogP contribution in [0.5, 0.6) is 0 Å². The molecule has 0 aliphatic carbocycles. The van der Waals surface area contributed by atoms with Crippen LogP contribution in [0.4, 0.5) is 13.2 Å². The van der Waals surface area contributed by atoms with Gasteiger partial charge in [-0.2, -0.15) is 18.2 Å². The number of ether oxygens (including phenoxy) is 1. The number of rotatable bonds is 3. The maximum atomic E-state index is 13.7. The molecule has 0 bridgehead atoms. The average Bonchev–Trinajstić information content (AvgIpc) is 3.16. The van der Waals surface area contributed by atoms with E-state index in [1.165, 1.54) is 11.8 Å². The summed E-state index contributed by atoms with van der Waals surface area (Å²) in [5, 5.41) is 3.44. The summed E-state index contributed by atoms with van der Waals surface area (Å²) in [4.78, 5) is 30.2. The van der Waals surface area contributed by atoms with Crippen LogP contribution in [0, 0.1) is 6.92 Å². The van der Waals surface area contributed by atoms with Crippen molar-refractivity contribution in [2.45, 2.75) is 24.9 Å². The third-order valence-electron chi connectivity index (χ3n) is 4.51. The van der Waals surface area contributed by atoms with Gasteiger partial charge in [-0.3, -0.25) is 9.59 Å². The molecule has 8 nitrogen and oxygen atoms in total. The van der Waals surface area contributed by atoms with Crippen LogP contribution >= 0.6 is 0 Å². The number of aromatic nitrogens is 2. The maximum Gasteiger partial charge on any atom is 0.405 e. The van der Waals surface area contributed by atoms with Crippen LogP contribution in [0.2, 0.25) is 0 Å². The van der Waals surface area contributed by atoms with Crippen LogP contribution in [0.3, 0.4) is 0 Å². The van der Waals surface area contributed by atoms with Gasteiger partial charge >= 0.3 is 6.18 Å². The molecule has 0 aromatic carbocycles. The molecule has 3 heterocycles. The van der Waals surface area contributed by atoms with E-state index in [9.17, 15) is 22.8 Å². The molecule has 0 radical (unpaired) electrons. The normalized spacial score (nSPS) is 24.9. The fourth-order valence-electron chi connectivity index (χ4n) is 3.02. The summed E-state index contributed by atoms with van der Waals surface area (Å²) in [6.45, 7) is 0.880. The van der Waals surface area contributed by atoms with Crippen molar-refractivity contribution in [2.75, 3.05) is 39.4 Å². The number of likely N-dealkylation sites (tertiary alicyclic amines) is 1. The third kappa shape index (κ3) is 3.20. The molecule has 1 aromatic rings. The van der Waals surface area contributed by atoms with Crippen molar-refractivity contribution in [3.05, 3.63) is 11.7 Å². The van der Waals surface area contributed by atoms with Crippen LogP contribution in [0.1, 0.15) is 18.1 Å². The van der Waals surface area contributed by atoms with Crippen molar-refractivity contribution in [3.8, 4) is 0 Å². The molecular formula is C14H17F3N4O4. The van der Waals surface area contributed by atoms with Gasteiger partial charge in [-0.25, -0.2) is 0 Å². The van der Waals surface area contributed by atoms with E-state index in [1.54, 1.807) is 0 Å². The molecule has 3 rings (SSSR count). The molecule has 11 heteroatoms. The second-order valence-electron chi connectivity index (χ2n) is 6.16. The van der Waals surface area contributed by atoms with E-state index in [-0.39, 0.29) is 44.4 Å². The molecule has 2 saturated heterocycles. The van der Waals surface area contributed by atoms with Gasteiger partial charge in [0.1, 0.15) is 6.61 Å². The van der Waals surface area contributed by atoms with Crippen LogP contribution in [-0.2, 0) is 19.7 Å². The molecule has 1 unspecified atom stereocenters. The Hall–Kier alpha value is -2.17. The van der Waals surface area contributed by atoms with Gasteiger partial charge in [0, 0.05) is 19.6 Å². The lowest BCUT2D eigenvalue weighted by atomic mass is 9.86. The second-order valence-corrected chi connectivity index (χ2v) is 6.16. The highest BCUT2D eigenvalue weighted by Gasteiger charge is 2.63. The van der Waals surface area contributed by atoms with Gasteiger partial charge in [0.25, 0.3) is 0 Å². The predicted molar refractivity (Wildman–Crippen MR) is 75.4 cm³/mol. The highest BCUT2D eigenvalue weighted by atomic mass is 19.4. The SMILES string of the molecule is Cc1noc(C2(C(F)(F)F)CCN(C(=O)CN3CCOCC3=O)C2)n1. The summed E-state index contributed by atoms with van der Waals surface area (Å²) in [5.74, 6) is -1.33. The number of nitrogens with zero attached hydrogens (tertiary/aromatic N) is 4. The highest BCUT2D eigenvalue weighted by Crippen LogP contribution is 2.47. The first-order chi connectivity index (χ1) is 11.7. The Bertz CT molecular complexity index is 677. The lowest BCUT2D eigenvalue weighted by Gasteiger charge is -2.30. The molecule has 25 heavy (non-hydrogen) atoms. The van der Waals surface area contributed by atoms with E-state index in [2.05, 4.69) is 10.1 Å². The lowest BCUT2D eigenvalue weighted by molar-refractivity contribution is -0.194. The van der Waals surface area contributed by atoms with Crippen molar-refractivity contribution in [2.24, 2.45) is 0 Å². The molecule has 0 saturated carbocycles. The van der Waals surface area contributed by atoms with E-state index >= 15 is 0 Å². The Morgan fingerprint density at radius 2 is 2.12 bits per heavy atom. The van der Waals surface area contributed by atoms with Crippen LogP contribution in [0.25, 0.3) is 0 Å². The first-order valence-corrected chi connectivity index (χ1v) is 7.74. The van der Waals surface area contributed by atoms with Crippen molar-refractivity contribution in [1.29, 1.82) is 0 Å². The van der Waals surface area contributed by atoms with Crippen molar-refractivity contribution >= 4 is 11.8 Å². The minimum atomic E-state index is -4.64. The van der Waals surface area contributed by atoms with Gasteiger partial charge < -0.3 is 19.1 Å². The molecule has 1 aromatic heterocycles. The number of carbonyl (C=O) groups is 2. The zero-order chi connectivity index (χ0) is 18.2. The monoisotopic (exact) mass is 362 g/mol. The fourth-order valence-corrected chi connectivity index (χ4v) is 3.02. The second kappa shape index (κ2) is 6.28. The van der Waals surface area contributed by atoms with Crippen LogP contribution in [0.15, 0.2) is 4.52 Å². The quantitative estimate of drug-likeness (QED) is 0.767. The summed E-state index contributed by atoms with van der Waals surface area (Å²) in [6.07, 6.45) is -5.00. The summed E-state index contributed by atoms with van der Waals surface area (Å²) in [6, 6.07) is 0. The molecule has 138 valence electrons. The largest absolute Gasteiger partial charge is 0.405 e. The molecular weight excluding hydrogens is 345 g/mol. The van der Waals surface area contributed by atoms with E-state index in [4.69, 9.17) is 9.26 Å². The summed E-state index contributed by atoms with van der Waals surface area (Å²) < 4.78 is 50.9. The van der Waals surface area contributed by atoms with E-state index in [0.29, 0.717) is 6.61 Å². The summed E-state index contributed by atoms with van der Waals surface area (Å²) in [5.41, 5.74) is -2.38. The zero-order valence-corrected chi connectivity index (χ0v) is 13.5. The van der Waals surface area contributed by atoms with E-state index < -0.39 is 29.9 Å². The average molecular weight is 362 g/mol. The Morgan fingerprint density at radius 3 is 2.72 bits per heavy atom. The number of carbonyl (C=O) groups excluding carboxylic acids is 2. The van der Waals surface area contributed by atoms with Crippen molar-refractivity contribution in [1.82, 2.24) is 19.9 Å². The maximum absolute atomic E-state index is 13.7. The molecule has 2 amide bonds. The van der Waals surface area contributed by atoms with E-state index in [0.717, 1.165) is 4.90 Å². The Balaban J connectivity index is 1.75. The number of alkyl halides is 3. The number of hydrogen-bond donors (Lipinski definition) is 0. The summed E-state index contributed by atoms with van der Waals surface area (Å²) >= 11 is 0. The van der Waals surface area contributed by atoms with Crippen LogP contribution < -0.4 is 0 Å². The Morgan fingerprint density at radius 1 is 1.36 bits per heavy atom. The highest BCUT2D eigenvalue weighted by molar-refractivity contribution is 5.86. The molecule has 2 fully saturated rings. The van der Waals surface area contributed by atoms with Gasteiger partial charge in [0.2, 0.25) is 17.7 Å². The number of amides is 2. The number of halogens is 3. The smallest absolute Gasteiger partial charge is 0.370 e. The molecule has 0 N–H and O–H groups in total. The number of aryl methyl sites for hydroxylation is 1. The van der Waals surface area contributed by atoms with Crippen molar-refractivity contribution < 1.29 is 32.0 Å². The van der Waals surface area contributed by atoms with Gasteiger partial charge in [-0.1, -0.05) is 5.16 Å². The third-order valence-corrected chi connectivity index (χ3v) is 4.51. The standard InChI is InChI=1S/C14H17F3N4O4/c1-9-18-12(25-19-9)13(14(15,16)17)2-3-21(8-13)10(22)6-20-4-5-24-7-11(20)23/h2-8H2,1H3. The zero-order valence-electron chi connectivity index (χ0n) is 13.5. The lowest BCUT2D eigenvalue weighted by Crippen LogP contribution is -2.49. The van der Waals surface area contributed by atoms with Crippen molar-refractivity contribution in [3.63, 3.8) is 0 Å². The van der Waals surface area contributed by atoms with E-state index in [1.807, 2.05) is 0 Å². The van der Waals surface area contributed by atoms with Gasteiger partial charge in [0.05, 0.1) is 13.2 Å². The summed E-state index contributed by atoms with van der Waals surface area (Å²) in [7, 11) is 0. The Labute approximate surface area is 140 Å². The minimum absolute atomic E-state index is 0.0989. The molecule has 0 spiro atoms. The first-order valence-electron chi connectivity index (χ1n) is 7.74. The predicted octanol–water partition coefficient (Wildman–Crippen LogP) is 0.269. The molecule has 2 aliphatic heterocycles. The first kappa shape index (κ1) is 17.6. The molecule has 2 aliphatic rings. The molecule has 1 atom stereocenters. The van der Waals surface area contributed by atoms with Crippen LogP contribution in [-0.4, -0.2) is 77.3 Å². The topological polar surface area (TPSA) is 88.8 Å². The number of morpholine rings is 1. The minimum Gasteiger partial charge on any atom is -0.370 e. The Kier molecular flexibility index (Phi) is 4.43. The number of hydrogen-bond acceptors (Lipinski definition) is 6. The fraction of sp³-hybridized carbons (Fsp3) is 0.714.